The molecular formula is C20H20B3N7O3. The second-order valence-corrected chi connectivity index (χ2v) is 8.47. The molecule has 13 heteroatoms. The molecule has 3 aromatic rings. The molecule has 162 valence electrons. The Bertz CT molecular complexity index is 1210. The van der Waals surface area contributed by atoms with Crippen molar-refractivity contribution in [3.05, 3.63) is 24.2 Å². The molecule has 3 aromatic heterocycles. The fourth-order valence-electron chi connectivity index (χ4n) is 4.03. The zero-order valence-corrected chi connectivity index (χ0v) is 18.1. The van der Waals surface area contributed by atoms with Crippen molar-refractivity contribution in [1.29, 1.82) is 5.26 Å². The van der Waals surface area contributed by atoms with Crippen LogP contribution in [0.2, 0.25) is 0 Å². The van der Waals surface area contributed by atoms with Gasteiger partial charge < -0.3 is 24.1 Å². The van der Waals surface area contributed by atoms with E-state index in [-0.39, 0.29) is 23.9 Å². The molecule has 0 saturated carbocycles. The Morgan fingerprint density at radius 3 is 2.76 bits per heavy atom. The first kappa shape index (κ1) is 21.9. The Kier molecular flexibility index (Phi) is 5.58. The van der Waals surface area contributed by atoms with Gasteiger partial charge in [0.1, 0.15) is 29.2 Å². The van der Waals surface area contributed by atoms with Gasteiger partial charge in [0.25, 0.3) is 5.88 Å². The molecule has 2 saturated heterocycles. The summed E-state index contributed by atoms with van der Waals surface area (Å²) < 4.78 is 19.8. The molecule has 33 heavy (non-hydrogen) atoms. The van der Waals surface area contributed by atoms with Crippen molar-refractivity contribution in [2.24, 2.45) is 5.92 Å². The normalized spacial score (nSPS) is 21.5. The molecule has 1 unspecified atom stereocenters. The lowest BCUT2D eigenvalue weighted by atomic mass is 9.49. The zero-order chi connectivity index (χ0) is 23.2. The molecular weight excluding hydrogens is 419 g/mol. The lowest BCUT2D eigenvalue weighted by Crippen LogP contribution is -2.39. The minimum Gasteiger partial charge on any atom is -0.467 e. The molecule has 6 radical (unpaired) electrons. The van der Waals surface area contributed by atoms with E-state index in [1.54, 1.807) is 12.3 Å². The smallest absolute Gasteiger partial charge is 0.257 e. The number of hydrogen-bond donors (Lipinski definition) is 1. The Balaban J connectivity index is 1.51. The largest absolute Gasteiger partial charge is 0.467 e. The zero-order valence-electron chi connectivity index (χ0n) is 18.1. The second kappa shape index (κ2) is 8.43. The van der Waals surface area contributed by atoms with Gasteiger partial charge >= 0.3 is 0 Å². The summed E-state index contributed by atoms with van der Waals surface area (Å²) in [7, 11) is 17.4. The van der Waals surface area contributed by atoms with Crippen LogP contribution in [0, 0.1) is 17.2 Å². The molecule has 5 rings (SSSR count). The van der Waals surface area contributed by atoms with Crippen molar-refractivity contribution >= 4 is 46.2 Å². The average Bonchev–Trinajstić information content (AvgIpc) is 3.32. The predicted molar refractivity (Wildman–Crippen MR) is 122 cm³/mol. The molecule has 0 amide bonds. The molecule has 10 nitrogen and oxygen atoms in total. The molecule has 2 atom stereocenters. The summed E-state index contributed by atoms with van der Waals surface area (Å²) in [6, 6.07) is 4.18. The molecule has 0 aromatic carbocycles. The molecule has 0 aliphatic carbocycles. The molecule has 0 spiro atoms. The Hall–Kier alpha value is -2.97. The number of nitrogens with zero attached hydrogens (tertiary/aromatic N) is 6. The highest BCUT2D eigenvalue weighted by atomic mass is 16.6. The quantitative estimate of drug-likeness (QED) is 0.559. The van der Waals surface area contributed by atoms with Crippen LogP contribution in [0.1, 0.15) is 25.1 Å². The van der Waals surface area contributed by atoms with Gasteiger partial charge in [-0.3, -0.25) is 4.68 Å². The minimum atomic E-state index is -1.71. The first-order chi connectivity index (χ1) is 15.8. The van der Waals surface area contributed by atoms with Gasteiger partial charge in [-0.1, -0.05) is 6.92 Å². The van der Waals surface area contributed by atoms with E-state index >= 15 is 0 Å². The lowest BCUT2D eigenvalue weighted by molar-refractivity contribution is -0.0812. The monoisotopic (exact) mass is 439 g/mol. The summed E-state index contributed by atoms with van der Waals surface area (Å²) in [5, 5.41) is 16.2. The third-order valence-corrected chi connectivity index (χ3v) is 5.83. The van der Waals surface area contributed by atoms with Gasteiger partial charge in [-0.2, -0.15) is 10.2 Å². The maximum absolute atomic E-state index is 9.73. The summed E-state index contributed by atoms with van der Waals surface area (Å²) >= 11 is 0. The topological polar surface area (TPSA) is 112 Å². The maximum atomic E-state index is 9.73. The van der Waals surface area contributed by atoms with E-state index in [4.69, 9.17) is 42.7 Å². The third kappa shape index (κ3) is 4.21. The summed E-state index contributed by atoms with van der Waals surface area (Å²) in [6.07, 6.45) is 3.87. The number of rotatable bonds is 6. The number of anilines is 2. The average molecular weight is 439 g/mol. The lowest BCUT2D eigenvalue weighted by Gasteiger charge is -2.31. The number of hydrogen-bond acceptors (Lipinski definition) is 8. The summed E-state index contributed by atoms with van der Waals surface area (Å²) in [5.74, 6) is 0.795. The maximum Gasteiger partial charge on any atom is 0.257 e. The van der Waals surface area contributed by atoms with Crippen LogP contribution in [0.4, 0.5) is 11.6 Å². The van der Waals surface area contributed by atoms with E-state index in [1.807, 2.05) is 4.57 Å². The number of ether oxygens (including phenoxy) is 3. The number of fused-ring (bicyclic) bond motifs is 1. The second-order valence-electron chi connectivity index (χ2n) is 8.47. The van der Waals surface area contributed by atoms with Crippen molar-refractivity contribution in [1.82, 2.24) is 24.3 Å². The van der Waals surface area contributed by atoms with Gasteiger partial charge in [0.2, 0.25) is 5.95 Å². The van der Waals surface area contributed by atoms with Crippen molar-refractivity contribution in [2.45, 2.75) is 30.7 Å². The molecule has 2 fully saturated rings. The SMILES string of the molecule is [B]C([B])([B])n1cc(Nc2ncc3cc(C#N)n([C@H]4CCOCC4C)c3n2)c(OC2COC2)n1. The van der Waals surface area contributed by atoms with Crippen LogP contribution in [-0.2, 0) is 14.7 Å². The highest BCUT2D eigenvalue weighted by molar-refractivity contribution is 6.56. The van der Waals surface area contributed by atoms with Crippen LogP contribution < -0.4 is 10.1 Å². The highest BCUT2D eigenvalue weighted by Crippen LogP contribution is 2.33. The molecule has 1 N–H and O–H groups in total. The van der Waals surface area contributed by atoms with Gasteiger partial charge in [-0.15, -0.1) is 5.10 Å². The van der Waals surface area contributed by atoms with Gasteiger partial charge in [0.05, 0.1) is 49.6 Å². The van der Waals surface area contributed by atoms with Gasteiger partial charge in [0.15, 0.2) is 0 Å². The molecule has 5 heterocycles. The Morgan fingerprint density at radius 1 is 1.27 bits per heavy atom. The van der Waals surface area contributed by atoms with Crippen LogP contribution in [0.25, 0.3) is 11.0 Å². The van der Waals surface area contributed by atoms with E-state index < -0.39 is 5.24 Å². The molecule has 0 bridgehead atoms. The van der Waals surface area contributed by atoms with Crippen molar-refractivity contribution < 1.29 is 14.2 Å². The van der Waals surface area contributed by atoms with Crippen molar-refractivity contribution in [3.63, 3.8) is 0 Å². The number of aromatic nitrogens is 5. The highest BCUT2D eigenvalue weighted by Gasteiger charge is 2.28. The number of nitrogens with one attached hydrogen (secondary N) is 1. The molecule has 2 aliphatic rings. The Morgan fingerprint density at radius 2 is 2.09 bits per heavy atom. The number of nitriles is 1. The first-order valence-corrected chi connectivity index (χ1v) is 10.7. The van der Waals surface area contributed by atoms with Gasteiger partial charge in [-0.25, -0.2) is 4.98 Å². The van der Waals surface area contributed by atoms with E-state index in [2.05, 4.69) is 28.4 Å². The fraction of sp³-hybridized carbons (Fsp3) is 0.500. The standard InChI is InChI=1S/C20H20B3N7O3/c1-11-8-31-3-2-16(11)30-13(5-24)4-12-6-25-19(27-17(12)30)26-15-7-29(20(21,22)23)28-18(15)33-14-9-32-10-14/h4,6-7,11,14,16H,2-3,8-10H2,1H3,(H,25,26,27)/t11?,16-/m0/s1. The summed E-state index contributed by atoms with van der Waals surface area (Å²) in [4.78, 5) is 9.11. The van der Waals surface area contributed by atoms with Crippen LogP contribution >= 0.6 is 0 Å². The van der Waals surface area contributed by atoms with E-state index in [0.29, 0.717) is 49.4 Å². The predicted octanol–water partition coefficient (Wildman–Crippen LogP) is 0.691. The fourth-order valence-corrected chi connectivity index (χ4v) is 4.03. The van der Waals surface area contributed by atoms with Crippen LogP contribution in [0.3, 0.4) is 0 Å². The van der Waals surface area contributed by atoms with Gasteiger partial charge in [-0.05, 0) is 17.7 Å². The van der Waals surface area contributed by atoms with Crippen LogP contribution in [0.5, 0.6) is 5.88 Å². The first-order valence-electron chi connectivity index (χ1n) is 10.7. The summed E-state index contributed by atoms with van der Waals surface area (Å²) in [6.45, 7) is 4.30. The van der Waals surface area contributed by atoms with E-state index in [0.717, 1.165) is 11.8 Å². The van der Waals surface area contributed by atoms with Crippen molar-refractivity contribution in [3.8, 4) is 11.9 Å². The van der Waals surface area contributed by atoms with Gasteiger partial charge in [0, 0.05) is 30.1 Å². The summed E-state index contributed by atoms with van der Waals surface area (Å²) in [5.41, 5.74) is 1.65. The Labute approximate surface area is 194 Å². The molecule has 2 aliphatic heterocycles. The van der Waals surface area contributed by atoms with Crippen LogP contribution in [-0.4, -0.2) is 80.4 Å². The minimum absolute atomic E-state index is 0.0984. The van der Waals surface area contributed by atoms with E-state index in [1.165, 1.54) is 10.9 Å². The van der Waals surface area contributed by atoms with Crippen LogP contribution in [0.15, 0.2) is 18.5 Å². The van der Waals surface area contributed by atoms with Crippen molar-refractivity contribution in [2.75, 3.05) is 31.7 Å². The van der Waals surface area contributed by atoms with E-state index in [9.17, 15) is 5.26 Å². The third-order valence-electron chi connectivity index (χ3n) is 5.83.